The first-order valence-electron chi connectivity index (χ1n) is 12.6. The van der Waals surface area contributed by atoms with E-state index in [4.69, 9.17) is 4.42 Å². The molecular weight excluding hydrogens is 611 g/mol. The van der Waals surface area contributed by atoms with Crippen molar-refractivity contribution >= 4 is 65.7 Å². The van der Waals surface area contributed by atoms with Crippen molar-refractivity contribution in [1.82, 2.24) is 0 Å². The van der Waals surface area contributed by atoms with Crippen LogP contribution in [0.25, 0.3) is 39.5 Å². The molecular formula is C30H25AsO7S2. The predicted octanol–water partition coefficient (Wildman–Crippen LogP) is 5.71. The molecule has 2 aromatic carbocycles. The maximum atomic E-state index is 13.4. The van der Waals surface area contributed by atoms with E-state index < -0.39 is 29.7 Å². The summed E-state index contributed by atoms with van der Waals surface area (Å²) in [5.74, 6) is -0.0785. The first-order chi connectivity index (χ1) is 19.0. The van der Waals surface area contributed by atoms with Crippen LogP contribution in [0.15, 0.2) is 45.6 Å². The fourth-order valence-electron chi connectivity index (χ4n) is 5.62. The molecule has 1 saturated heterocycles. The molecule has 2 aromatic rings. The molecule has 6 rings (SSSR count). The average molecular weight is 637 g/mol. The van der Waals surface area contributed by atoms with Gasteiger partial charge in [0.25, 0.3) is 0 Å². The SMILES string of the molecule is CC(C)(C)c1c(O)ccc2c(-c3c(C(=O)O)cc(C(=O)O)c4c3C=CC4)c3ccc(=O)c([As]4SCCS4)c-3oc12. The quantitative estimate of drug-likeness (QED) is 0.191. The third-order valence-corrected chi connectivity index (χ3v) is 20.8. The van der Waals surface area contributed by atoms with E-state index >= 15 is 0 Å². The van der Waals surface area contributed by atoms with Gasteiger partial charge in [-0.1, -0.05) is 0 Å². The van der Waals surface area contributed by atoms with Crippen molar-refractivity contribution in [2.45, 2.75) is 32.6 Å². The number of benzene rings is 3. The molecule has 0 unspecified atom stereocenters. The number of allylic oxidation sites excluding steroid dienone is 1. The van der Waals surface area contributed by atoms with E-state index in [1.165, 1.54) is 12.1 Å². The minimum absolute atomic E-state index is 0.0427. The van der Waals surface area contributed by atoms with Crippen LogP contribution in [0.4, 0.5) is 0 Å². The van der Waals surface area contributed by atoms with Crippen molar-refractivity contribution in [1.29, 1.82) is 0 Å². The number of rotatable bonds is 4. The number of hydrogen-bond donors (Lipinski definition) is 3. The number of aromatic carboxylic acids is 2. The van der Waals surface area contributed by atoms with Crippen molar-refractivity contribution in [3.05, 3.63) is 74.4 Å². The van der Waals surface area contributed by atoms with E-state index in [1.807, 2.05) is 26.8 Å². The summed E-state index contributed by atoms with van der Waals surface area (Å²) in [5.41, 5.74) is 2.72. The van der Waals surface area contributed by atoms with Crippen LogP contribution in [-0.2, 0) is 11.8 Å². The normalized spacial score (nSPS) is 15.3. The van der Waals surface area contributed by atoms with Crippen LogP contribution >= 0.6 is 20.0 Å². The van der Waals surface area contributed by atoms with E-state index in [9.17, 15) is 29.7 Å². The van der Waals surface area contributed by atoms with Gasteiger partial charge in [-0.15, -0.1) is 0 Å². The van der Waals surface area contributed by atoms with Crippen LogP contribution in [0.1, 0.15) is 58.2 Å². The summed E-state index contributed by atoms with van der Waals surface area (Å²) in [6, 6.07) is 7.74. The van der Waals surface area contributed by atoms with Gasteiger partial charge in [0.05, 0.1) is 0 Å². The number of hydrogen-bond acceptors (Lipinski definition) is 7. The van der Waals surface area contributed by atoms with Gasteiger partial charge < -0.3 is 0 Å². The van der Waals surface area contributed by atoms with Gasteiger partial charge in [-0.25, -0.2) is 0 Å². The van der Waals surface area contributed by atoms with Crippen LogP contribution in [0.3, 0.4) is 0 Å². The molecule has 4 aliphatic rings. The Bertz CT molecular complexity index is 1810. The van der Waals surface area contributed by atoms with Gasteiger partial charge in [0, 0.05) is 0 Å². The minimum atomic E-state index is -1.89. The number of fused-ring (bicyclic) bond motifs is 3. The Hall–Kier alpha value is -3.13. The summed E-state index contributed by atoms with van der Waals surface area (Å²) in [4.78, 5) is 38.2. The summed E-state index contributed by atoms with van der Waals surface area (Å²) in [6.45, 7) is 5.86. The Morgan fingerprint density at radius 2 is 1.68 bits per heavy atom. The number of aromatic hydroxyl groups is 1. The Morgan fingerprint density at radius 3 is 2.33 bits per heavy atom. The second-order valence-electron chi connectivity index (χ2n) is 10.7. The first kappa shape index (κ1) is 27.1. The molecule has 0 saturated carbocycles. The summed E-state index contributed by atoms with van der Waals surface area (Å²) in [6.07, 6.45) is 3.97. The van der Waals surface area contributed by atoms with Gasteiger partial charge in [0.2, 0.25) is 0 Å². The Kier molecular flexibility index (Phi) is 6.60. The molecule has 0 radical (unpaired) electrons. The van der Waals surface area contributed by atoms with Gasteiger partial charge in [-0.05, 0) is 0 Å². The first-order valence-corrected chi connectivity index (χ1v) is 20.1. The number of phenolic OH excluding ortho intramolecular Hbond substituents is 1. The van der Waals surface area contributed by atoms with Gasteiger partial charge in [-0.3, -0.25) is 0 Å². The van der Waals surface area contributed by atoms with E-state index in [0.717, 1.165) is 11.5 Å². The van der Waals surface area contributed by atoms with Gasteiger partial charge in [0.15, 0.2) is 0 Å². The molecule has 2 aliphatic heterocycles. The molecule has 2 heterocycles. The molecule has 40 heavy (non-hydrogen) atoms. The zero-order chi connectivity index (χ0) is 28.5. The molecule has 204 valence electrons. The van der Waals surface area contributed by atoms with Crippen LogP contribution < -0.4 is 9.78 Å². The number of phenols is 1. The van der Waals surface area contributed by atoms with Crippen molar-refractivity contribution in [3.8, 4) is 28.2 Å². The molecule has 0 spiro atoms. The summed E-state index contributed by atoms with van der Waals surface area (Å²) in [7, 11) is 3.61. The third kappa shape index (κ3) is 4.18. The van der Waals surface area contributed by atoms with Gasteiger partial charge in [-0.2, -0.15) is 0 Å². The van der Waals surface area contributed by atoms with Crippen LogP contribution in [0.5, 0.6) is 5.75 Å². The van der Waals surface area contributed by atoms with Crippen LogP contribution in [0.2, 0.25) is 0 Å². The van der Waals surface area contributed by atoms with Crippen molar-refractivity contribution < 1.29 is 29.3 Å². The molecule has 1 fully saturated rings. The van der Waals surface area contributed by atoms with E-state index in [2.05, 4.69) is 0 Å². The monoisotopic (exact) mass is 636 g/mol. The van der Waals surface area contributed by atoms with Crippen molar-refractivity contribution in [2.75, 3.05) is 11.5 Å². The molecule has 0 bridgehead atoms. The summed E-state index contributed by atoms with van der Waals surface area (Å²) in [5, 5.41) is 31.9. The third-order valence-electron chi connectivity index (χ3n) is 7.20. The Morgan fingerprint density at radius 1 is 0.975 bits per heavy atom. The molecule has 2 aliphatic carbocycles. The average Bonchev–Trinajstić information content (AvgIpc) is 3.58. The molecule has 10 heteroatoms. The van der Waals surface area contributed by atoms with Crippen LogP contribution in [-0.4, -0.2) is 51.1 Å². The number of carboxylic acids is 2. The van der Waals surface area contributed by atoms with E-state index in [1.54, 1.807) is 44.3 Å². The Labute approximate surface area is 240 Å². The van der Waals surface area contributed by atoms with Gasteiger partial charge >= 0.3 is 242 Å². The second-order valence-corrected chi connectivity index (χ2v) is 22.3. The molecule has 7 nitrogen and oxygen atoms in total. The fourth-order valence-corrected chi connectivity index (χ4v) is 20.4. The second kappa shape index (κ2) is 9.75. The molecule has 0 aromatic heterocycles. The standard InChI is InChI=1S/C30H25AsO7S2/c1-30(2,3)24-20(32)9-7-16-23(22-15-6-4-5-14(15)18(28(34)35)13-19(22)29(36)37)17-8-10-21(33)25(27(17)38-26(16)24)31-39-11-12-40-31/h4,6-10,13,32H,5,11-12H2,1-3H3,(H,34,35)(H,36,37). The van der Waals surface area contributed by atoms with E-state index in [-0.39, 0.29) is 22.3 Å². The fraction of sp³-hybridized carbons (Fsp3) is 0.233. The molecule has 0 amide bonds. The zero-order valence-electron chi connectivity index (χ0n) is 21.9. The van der Waals surface area contributed by atoms with Crippen LogP contribution in [0, 0.1) is 0 Å². The number of carbonyl (C=O) groups is 2. The maximum absolute atomic E-state index is 13.4. The molecule has 3 N–H and O–H groups in total. The van der Waals surface area contributed by atoms with Crippen molar-refractivity contribution in [2.24, 2.45) is 0 Å². The predicted molar refractivity (Wildman–Crippen MR) is 162 cm³/mol. The molecule has 0 atom stereocenters. The summed E-state index contributed by atoms with van der Waals surface area (Å²) < 4.78 is 7.29. The topological polar surface area (TPSA) is 125 Å². The number of carboxylic acid groups (broad SMARTS) is 2. The van der Waals surface area contributed by atoms with Crippen molar-refractivity contribution in [3.63, 3.8) is 0 Å². The Balaban J connectivity index is 1.86. The van der Waals surface area contributed by atoms with E-state index in [0.29, 0.717) is 60.9 Å². The van der Waals surface area contributed by atoms with Gasteiger partial charge in [0.1, 0.15) is 0 Å². The zero-order valence-corrected chi connectivity index (χ0v) is 25.4. The summed E-state index contributed by atoms with van der Waals surface area (Å²) >= 11 is -1.89.